The zero-order chi connectivity index (χ0) is 18.4. The minimum absolute atomic E-state index is 0.0243. The number of carbonyl (C=O) groups is 3. The van der Waals surface area contributed by atoms with Gasteiger partial charge in [0.2, 0.25) is 11.8 Å². The molecule has 0 spiro atoms. The number of rotatable bonds is 8. The molecule has 1 aliphatic rings. The molecule has 0 bridgehead atoms. The van der Waals surface area contributed by atoms with Gasteiger partial charge in [0.15, 0.2) is 5.78 Å². The molecule has 0 saturated carbocycles. The third-order valence-corrected chi connectivity index (χ3v) is 4.63. The average molecular weight is 345 g/mol. The highest BCUT2D eigenvalue weighted by Gasteiger charge is 2.37. The van der Waals surface area contributed by atoms with Crippen LogP contribution in [-0.2, 0) is 25.5 Å². The minimum Gasteiger partial charge on any atom is -0.369 e. The number of hydrogen-bond donors (Lipinski definition) is 2. The molecule has 1 radical (unpaired) electrons. The molecule has 1 heterocycles. The maximum atomic E-state index is 12.2. The Morgan fingerprint density at radius 2 is 2.04 bits per heavy atom. The molecule has 6 nitrogen and oxygen atoms in total. The van der Waals surface area contributed by atoms with Gasteiger partial charge < -0.3 is 15.8 Å². The quantitative estimate of drug-likeness (QED) is 0.739. The van der Waals surface area contributed by atoms with Crippen molar-refractivity contribution in [2.45, 2.75) is 45.3 Å². The van der Waals surface area contributed by atoms with E-state index in [4.69, 9.17) is 10.5 Å². The third kappa shape index (κ3) is 4.89. The van der Waals surface area contributed by atoms with Gasteiger partial charge >= 0.3 is 0 Å². The molecule has 6 heteroatoms. The Labute approximate surface area is 148 Å². The Bertz CT molecular complexity index is 632. The van der Waals surface area contributed by atoms with E-state index in [0.717, 1.165) is 5.56 Å². The van der Waals surface area contributed by atoms with E-state index in [-0.39, 0.29) is 30.8 Å². The first-order chi connectivity index (χ1) is 11.9. The van der Waals surface area contributed by atoms with Crippen LogP contribution >= 0.6 is 0 Å². The van der Waals surface area contributed by atoms with Gasteiger partial charge in [-0.15, -0.1) is 0 Å². The number of nitrogens with one attached hydrogen (secondary N) is 1. The average Bonchev–Trinajstić information content (AvgIpc) is 2.94. The van der Waals surface area contributed by atoms with Crippen LogP contribution in [0, 0.1) is 11.8 Å². The maximum absolute atomic E-state index is 12.2. The van der Waals surface area contributed by atoms with Crippen LogP contribution in [0.25, 0.3) is 0 Å². The van der Waals surface area contributed by atoms with Crippen molar-refractivity contribution in [1.82, 2.24) is 5.32 Å². The highest BCUT2D eigenvalue weighted by molar-refractivity contribution is 5.94. The second kappa shape index (κ2) is 8.25. The molecule has 0 aromatic heterocycles. The highest BCUT2D eigenvalue weighted by atomic mass is 16.5. The van der Waals surface area contributed by atoms with Crippen LogP contribution in [0.3, 0.4) is 0 Å². The number of carbonyl (C=O) groups excluding carboxylic acids is 3. The smallest absolute Gasteiger partial charge is 0.224 e. The number of Topliss-reactive ketones (excluding diaryl/α,β-unsaturated/α-hetero) is 1. The molecule has 3 atom stereocenters. The van der Waals surface area contributed by atoms with E-state index >= 15 is 0 Å². The standard InChI is InChI=1S/C19H25N2O4/c1-3-15-17(14(22)12-25-15)21-16(23)9-10-19(2,18(20)24)11-13-7-5-4-6-8-13/h4-9,15,17H,3,10-12H2,1-2H3,(H2,20,24)(H,21,23). The minimum atomic E-state index is -0.876. The molecule has 3 unspecified atom stereocenters. The second-order valence-corrected chi connectivity index (χ2v) is 6.71. The monoisotopic (exact) mass is 345 g/mol. The molecular formula is C19H25N2O4. The first kappa shape index (κ1) is 19.1. The number of ether oxygens (including phenoxy) is 1. The van der Waals surface area contributed by atoms with Crippen molar-refractivity contribution < 1.29 is 19.1 Å². The van der Waals surface area contributed by atoms with Gasteiger partial charge in [0, 0.05) is 0 Å². The summed E-state index contributed by atoms with van der Waals surface area (Å²) >= 11 is 0. The molecule has 1 fully saturated rings. The number of nitrogens with two attached hydrogens (primary N) is 1. The topological polar surface area (TPSA) is 98.5 Å². The molecule has 3 N–H and O–H groups in total. The van der Waals surface area contributed by atoms with Gasteiger partial charge in [0.25, 0.3) is 0 Å². The summed E-state index contributed by atoms with van der Waals surface area (Å²) in [6, 6.07) is 8.90. The van der Waals surface area contributed by atoms with Crippen LogP contribution in [0.4, 0.5) is 0 Å². The highest BCUT2D eigenvalue weighted by Crippen LogP contribution is 2.28. The maximum Gasteiger partial charge on any atom is 0.224 e. The Kier molecular flexibility index (Phi) is 6.31. The van der Waals surface area contributed by atoms with Crippen molar-refractivity contribution in [1.29, 1.82) is 0 Å². The van der Waals surface area contributed by atoms with E-state index in [2.05, 4.69) is 5.32 Å². The fourth-order valence-electron chi connectivity index (χ4n) is 2.95. The van der Waals surface area contributed by atoms with Crippen LogP contribution < -0.4 is 11.1 Å². The van der Waals surface area contributed by atoms with Gasteiger partial charge in [-0.25, -0.2) is 0 Å². The van der Waals surface area contributed by atoms with E-state index < -0.39 is 17.4 Å². The van der Waals surface area contributed by atoms with E-state index in [0.29, 0.717) is 12.8 Å². The van der Waals surface area contributed by atoms with Crippen LogP contribution in [-0.4, -0.2) is 36.4 Å². The summed E-state index contributed by atoms with van der Waals surface area (Å²) in [4.78, 5) is 35.9. The van der Waals surface area contributed by atoms with Gasteiger partial charge in [-0.3, -0.25) is 14.4 Å². The third-order valence-electron chi connectivity index (χ3n) is 4.63. The van der Waals surface area contributed by atoms with Crippen molar-refractivity contribution in [2.75, 3.05) is 6.61 Å². The Balaban J connectivity index is 1.95. The van der Waals surface area contributed by atoms with Crippen molar-refractivity contribution in [3.05, 3.63) is 42.3 Å². The second-order valence-electron chi connectivity index (χ2n) is 6.71. The number of primary amides is 1. The van der Waals surface area contributed by atoms with Crippen molar-refractivity contribution in [3.63, 3.8) is 0 Å². The predicted octanol–water partition coefficient (Wildman–Crippen LogP) is 1.18. The zero-order valence-electron chi connectivity index (χ0n) is 14.7. The molecule has 0 aliphatic carbocycles. The Morgan fingerprint density at radius 3 is 2.64 bits per heavy atom. The number of hydrogen-bond acceptors (Lipinski definition) is 4. The van der Waals surface area contributed by atoms with Crippen molar-refractivity contribution in [2.24, 2.45) is 11.1 Å². The summed E-state index contributed by atoms with van der Waals surface area (Å²) in [5.74, 6) is -0.981. The van der Waals surface area contributed by atoms with Crippen LogP contribution in [0.2, 0.25) is 0 Å². The normalized spacial score (nSPS) is 22.4. The predicted molar refractivity (Wildman–Crippen MR) is 93.3 cm³/mol. The van der Waals surface area contributed by atoms with E-state index in [1.807, 2.05) is 37.3 Å². The van der Waals surface area contributed by atoms with Gasteiger partial charge in [0.05, 0.1) is 17.9 Å². The van der Waals surface area contributed by atoms with Gasteiger partial charge in [-0.05, 0) is 24.8 Å². The van der Waals surface area contributed by atoms with E-state index in [1.165, 1.54) is 6.42 Å². The largest absolute Gasteiger partial charge is 0.369 e. The molecule has 1 aromatic carbocycles. The van der Waals surface area contributed by atoms with Crippen LogP contribution in [0.15, 0.2) is 30.3 Å². The van der Waals surface area contributed by atoms with Crippen LogP contribution in [0.1, 0.15) is 32.3 Å². The molecule has 1 aliphatic heterocycles. The van der Waals surface area contributed by atoms with Gasteiger partial charge in [0.1, 0.15) is 12.6 Å². The Hall–Kier alpha value is -2.21. The van der Waals surface area contributed by atoms with E-state index in [9.17, 15) is 14.4 Å². The summed E-state index contributed by atoms with van der Waals surface area (Å²) in [7, 11) is 0. The molecule has 2 rings (SSSR count). The lowest BCUT2D eigenvalue weighted by Crippen LogP contribution is -2.45. The molecule has 1 saturated heterocycles. The molecule has 2 amide bonds. The van der Waals surface area contributed by atoms with Crippen molar-refractivity contribution >= 4 is 17.6 Å². The Morgan fingerprint density at radius 1 is 1.36 bits per heavy atom. The number of ketones is 1. The first-order valence-electron chi connectivity index (χ1n) is 8.47. The summed E-state index contributed by atoms with van der Waals surface area (Å²) in [5.41, 5.74) is 5.67. The summed E-state index contributed by atoms with van der Waals surface area (Å²) in [6.45, 7) is 3.66. The molecule has 25 heavy (non-hydrogen) atoms. The SMILES string of the molecule is CCC1OCC(=O)C1NC(=O)[CH]CC(C)(Cc1ccccc1)C(N)=O. The lowest BCUT2D eigenvalue weighted by molar-refractivity contribution is -0.127. The lowest BCUT2D eigenvalue weighted by atomic mass is 9.79. The first-order valence-corrected chi connectivity index (χ1v) is 8.47. The van der Waals surface area contributed by atoms with Crippen LogP contribution in [0.5, 0.6) is 0 Å². The summed E-state index contributed by atoms with van der Waals surface area (Å²) in [5, 5.41) is 2.68. The lowest BCUT2D eigenvalue weighted by Gasteiger charge is -2.26. The number of amides is 2. The molecule has 1 aromatic rings. The molecule has 135 valence electrons. The van der Waals surface area contributed by atoms with Gasteiger partial charge in [-0.1, -0.05) is 44.2 Å². The summed E-state index contributed by atoms with van der Waals surface area (Å²) in [6.07, 6.45) is 2.38. The van der Waals surface area contributed by atoms with E-state index in [1.54, 1.807) is 6.92 Å². The van der Waals surface area contributed by atoms with Gasteiger partial charge in [-0.2, -0.15) is 0 Å². The number of benzene rings is 1. The zero-order valence-corrected chi connectivity index (χ0v) is 14.7. The van der Waals surface area contributed by atoms with Crippen molar-refractivity contribution in [3.8, 4) is 0 Å². The molecular weight excluding hydrogens is 320 g/mol. The summed E-state index contributed by atoms with van der Waals surface area (Å²) < 4.78 is 5.34. The fourth-order valence-corrected chi connectivity index (χ4v) is 2.95. The fraction of sp³-hybridized carbons (Fsp3) is 0.474.